The van der Waals surface area contributed by atoms with Crippen molar-refractivity contribution in [2.24, 2.45) is 0 Å². The molecule has 2 fully saturated rings. The topological polar surface area (TPSA) is 61.9 Å². The van der Waals surface area contributed by atoms with Crippen molar-refractivity contribution in [3.63, 3.8) is 0 Å². The molecule has 0 bridgehead atoms. The molecule has 1 atom stereocenters. The van der Waals surface area contributed by atoms with E-state index in [9.17, 15) is 22.8 Å². The Hall–Kier alpha value is -2.29. The smallest absolute Gasteiger partial charge is 0.406 e. The molecule has 1 unspecified atom stereocenters. The molecule has 0 saturated carbocycles. The predicted molar refractivity (Wildman–Crippen MR) is 90.9 cm³/mol. The Morgan fingerprint density at radius 1 is 1.11 bits per heavy atom. The molecular formula is C18H22F3N3O3. The second-order valence-electron chi connectivity index (χ2n) is 6.72. The van der Waals surface area contributed by atoms with E-state index in [0.717, 1.165) is 32.4 Å². The minimum atomic E-state index is -4.77. The van der Waals surface area contributed by atoms with E-state index in [2.05, 4.69) is 10.1 Å². The van der Waals surface area contributed by atoms with Gasteiger partial charge in [-0.25, -0.2) is 0 Å². The van der Waals surface area contributed by atoms with Gasteiger partial charge in [0.25, 0.3) is 0 Å². The van der Waals surface area contributed by atoms with Gasteiger partial charge in [-0.2, -0.15) is 0 Å². The lowest BCUT2D eigenvalue weighted by atomic mass is 10.0. The van der Waals surface area contributed by atoms with Crippen molar-refractivity contribution >= 4 is 11.8 Å². The minimum Gasteiger partial charge on any atom is -0.406 e. The first kappa shape index (κ1) is 19.5. The molecule has 3 rings (SSSR count). The highest BCUT2D eigenvalue weighted by atomic mass is 19.4. The van der Waals surface area contributed by atoms with E-state index in [1.165, 1.54) is 24.3 Å². The Balaban J connectivity index is 1.72. The van der Waals surface area contributed by atoms with Gasteiger partial charge in [0.1, 0.15) is 11.8 Å². The summed E-state index contributed by atoms with van der Waals surface area (Å²) in [5, 5.41) is 2.75. The van der Waals surface area contributed by atoms with E-state index < -0.39 is 12.4 Å². The fraction of sp³-hybridized carbons (Fsp3) is 0.556. The van der Waals surface area contributed by atoms with Crippen molar-refractivity contribution in [3.8, 4) is 5.75 Å². The summed E-state index contributed by atoms with van der Waals surface area (Å²) in [6.45, 7) is 2.49. The summed E-state index contributed by atoms with van der Waals surface area (Å²) in [4.78, 5) is 28.5. The Bertz CT molecular complexity index is 673. The first-order chi connectivity index (χ1) is 12.8. The normalized spacial score (nSPS) is 21.7. The zero-order chi connectivity index (χ0) is 19.4. The third-order valence-electron chi connectivity index (χ3n) is 4.79. The molecule has 2 heterocycles. The molecular weight excluding hydrogens is 363 g/mol. The van der Waals surface area contributed by atoms with Gasteiger partial charge >= 0.3 is 6.36 Å². The van der Waals surface area contributed by atoms with Gasteiger partial charge in [-0.05, 0) is 37.0 Å². The van der Waals surface area contributed by atoms with Crippen LogP contribution in [0.3, 0.4) is 0 Å². The van der Waals surface area contributed by atoms with E-state index in [1.807, 2.05) is 4.90 Å². The molecule has 0 aromatic heterocycles. The zero-order valence-electron chi connectivity index (χ0n) is 14.8. The van der Waals surface area contributed by atoms with Crippen LogP contribution in [0.1, 0.15) is 30.9 Å². The highest BCUT2D eigenvalue weighted by molar-refractivity contribution is 5.85. The highest BCUT2D eigenvalue weighted by Crippen LogP contribution is 2.28. The number of carbonyl (C=O) groups excluding carboxylic acids is 2. The first-order valence-electron chi connectivity index (χ1n) is 8.99. The van der Waals surface area contributed by atoms with Crippen LogP contribution in [0.5, 0.6) is 5.75 Å². The van der Waals surface area contributed by atoms with Gasteiger partial charge in [-0.1, -0.05) is 12.1 Å². The maximum absolute atomic E-state index is 12.6. The molecule has 0 spiro atoms. The summed E-state index contributed by atoms with van der Waals surface area (Å²) in [5.41, 5.74) is 0.521. The number of likely N-dealkylation sites (tertiary alicyclic amines) is 1. The molecule has 27 heavy (non-hydrogen) atoms. The minimum absolute atomic E-state index is 0.0218. The number of piperidine rings is 1. The van der Waals surface area contributed by atoms with Gasteiger partial charge in [0.15, 0.2) is 0 Å². The molecule has 2 amide bonds. The van der Waals surface area contributed by atoms with Gasteiger partial charge in [0.2, 0.25) is 11.8 Å². The van der Waals surface area contributed by atoms with Crippen molar-refractivity contribution in [1.29, 1.82) is 0 Å². The van der Waals surface area contributed by atoms with Crippen LogP contribution >= 0.6 is 0 Å². The van der Waals surface area contributed by atoms with E-state index in [4.69, 9.17) is 0 Å². The van der Waals surface area contributed by atoms with Gasteiger partial charge < -0.3 is 15.0 Å². The highest BCUT2D eigenvalue weighted by Gasteiger charge is 2.34. The van der Waals surface area contributed by atoms with Crippen molar-refractivity contribution in [1.82, 2.24) is 15.1 Å². The van der Waals surface area contributed by atoms with Gasteiger partial charge in [0.05, 0.1) is 6.54 Å². The molecule has 1 aromatic rings. The van der Waals surface area contributed by atoms with Crippen LogP contribution < -0.4 is 10.1 Å². The van der Waals surface area contributed by atoms with Crippen LogP contribution in [-0.4, -0.2) is 60.7 Å². The third kappa shape index (κ3) is 5.12. The zero-order valence-corrected chi connectivity index (χ0v) is 14.8. The molecule has 1 N–H and O–H groups in total. The number of nitrogens with one attached hydrogen (secondary N) is 1. The van der Waals surface area contributed by atoms with E-state index in [0.29, 0.717) is 18.7 Å². The summed E-state index contributed by atoms with van der Waals surface area (Å²) in [5.74, 6) is -0.637. The maximum Gasteiger partial charge on any atom is 0.573 e. The lowest BCUT2D eigenvalue weighted by Crippen LogP contribution is -2.53. The molecule has 1 aromatic carbocycles. The second kappa shape index (κ2) is 8.16. The van der Waals surface area contributed by atoms with Gasteiger partial charge in [-0.15, -0.1) is 13.2 Å². The van der Waals surface area contributed by atoms with Crippen LogP contribution in [0.4, 0.5) is 13.2 Å². The number of amides is 2. The summed E-state index contributed by atoms with van der Waals surface area (Å²) in [6.07, 6.45) is -1.69. The molecule has 148 valence electrons. The summed E-state index contributed by atoms with van der Waals surface area (Å²) in [7, 11) is 0. The molecule has 2 aliphatic heterocycles. The number of halogens is 3. The first-order valence-corrected chi connectivity index (χ1v) is 8.99. The van der Waals surface area contributed by atoms with Crippen molar-refractivity contribution in [3.05, 3.63) is 29.8 Å². The molecule has 6 nitrogen and oxygen atoms in total. The number of carbonyl (C=O) groups is 2. The Labute approximate surface area is 155 Å². The van der Waals surface area contributed by atoms with E-state index in [1.54, 1.807) is 4.90 Å². The fourth-order valence-electron chi connectivity index (χ4n) is 3.52. The average molecular weight is 385 g/mol. The third-order valence-corrected chi connectivity index (χ3v) is 4.79. The standard InChI is InChI=1S/C18H22F3N3O3/c19-18(20,21)27-14-6-4-13(5-7-14)16-17(26)22-8-11-24(16)12-15(25)23-9-2-1-3-10-23/h4-7,16H,1-3,8-12H2,(H,22,26). The van der Waals surface area contributed by atoms with E-state index in [-0.39, 0.29) is 24.1 Å². The molecule has 2 saturated heterocycles. The van der Waals surface area contributed by atoms with Crippen LogP contribution in [0.15, 0.2) is 24.3 Å². The molecule has 0 radical (unpaired) electrons. The number of nitrogens with zero attached hydrogens (tertiary/aromatic N) is 2. The van der Waals surface area contributed by atoms with Crippen LogP contribution in [-0.2, 0) is 9.59 Å². The quantitative estimate of drug-likeness (QED) is 0.862. The number of hydrogen-bond acceptors (Lipinski definition) is 4. The van der Waals surface area contributed by atoms with E-state index >= 15 is 0 Å². The van der Waals surface area contributed by atoms with Crippen molar-refractivity contribution in [2.45, 2.75) is 31.7 Å². The number of rotatable bonds is 4. The molecule has 2 aliphatic rings. The van der Waals surface area contributed by atoms with Crippen LogP contribution in [0.2, 0.25) is 0 Å². The summed E-state index contributed by atoms with van der Waals surface area (Å²) in [6, 6.07) is 4.49. The summed E-state index contributed by atoms with van der Waals surface area (Å²) < 4.78 is 40.8. The van der Waals surface area contributed by atoms with Crippen molar-refractivity contribution < 1.29 is 27.5 Å². The maximum atomic E-state index is 12.6. The van der Waals surface area contributed by atoms with Gasteiger partial charge in [-0.3, -0.25) is 14.5 Å². The number of piperazine rings is 1. The number of alkyl halides is 3. The second-order valence-corrected chi connectivity index (χ2v) is 6.72. The lowest BCUT2D eigenvalue weighted by Gasteiger charge is -2.36. The molecule has 9 heteroatoms. The number of hydrogen-bond donors (Lipinski definition) is 1. The van der Waals surface area contributed by atoms with Crippen molar-refractivity contribution in [2.75, 3.05) is 32.7 Å². The Morgan fingerprint density at radius 2 is 1.78 bits per heavy atom. The monoisotopic (exact) mass is 385 g/mol. The SMILES string of the molecule is O=C1NCCN(CC(=O)N2CCCCC2)C1c1ccc(OC(F)(F)F)cc1. The Morgan fingerprint density at radius 3 is 2.41 bits per heavy atom. The van der Waals surface area contributed by atoms with Crippen LogP contribution in [0, 0.1) is 0 Å². The fourth-order valence-corrected chi connectivity index (χ4v) is 3.52. The summed E-state index contributed by atoms with van der Waals surface area (Å²) >= 11 is 0. The van der Waals surface area contributed by atoms with Crippen LogP contribution in [0.25, 0.3) is 0 Å². The number of ether oxygens (including phenoxy) is 1. The molecule has 0 aliphatic carbocycles. The largest absolute Gasteiger partial charge is 0.573 e. The Kier molecular flexibility index (Phi) is 5.88. The van der Waals surface area contributed by atoms with Gasteiger partial charge in [0, 0.05) is 26.2 Å². The number of benzene rings is 1. The lowest BCUT2D eigenvalue weighted by molar-refractivity contribution is -0.274. The average Bonchev–Trinajstić information content (AvgIpc) is 2.62. The predicted octanol–water partition coefficient (Wildman–Crippen LogP) is 2.07.